The molecule has 1 aliphatic carbocycles. The van der Waals surface area contributed by atoms with E-state index in [9.17, 15) is 4.79 Å². The highest BCUT2D eigenvalue weighted by Gasteiger charge is 2.44. The van der Waals surface area contributed by atoms with Gasteiger partial charge in [0, 0.05) is 58.0 Å². The molecule has 4 heterocycles. The molecular weight excluding hydrogens is 525 g/mol. The van der Waals surface area contributed by atoms with E-state index in [1.807, 2.05) is 11.1 Å². The molecule has 2 aliphatic heterocycles. The number of imidazole rings is 1. The van der Waals surface area contributed by atoms with Crippen LogP contribution in [0.4, 0.5) is 0 Å². The quantitative estimate of drug-likeness (QED) is 0.421. The number of aromatic nitrogens is 3. The Morgan fingerprint density at radius 3 is 2.41 bits per heavy atom. The van der Waals surface area contributed by atoms with Crippen LogP contribution in [-0.2, 0) is 33.0 Å². The third-order valence-corrected chi connectivity index (χ3v) is 7.17. The van der Waals surface area contributed by atoms with Crippen molar-refractivity contribution in [2.75, 3.05) is 33.3 Å². The van der Waals surface area contributed by atoms with Crippen molar-refractivity contribution < 1.29 is 29.3 Å². The fourth-order valence-electron chi connectivity index (χ4n) is 4.80. The van der Waals surface area contributed by atoms with Crippen molar-refractivity contribution >= 4 is 42.1 Å². The van der Waals surface area contributed by atoms with Crippen molar-refractivity contribution in [1.82, 2.24) is 24.3 Å². The summed E-state index contributed by atoms with van der Waals surface area (Å²) in [6, 6.07) is 1.50. The molecule has 1 saturated carbocycles. The SMILES string of the molecule is CN(Cc1cnc2n1CCOC21CCN(C(=O)c2cnc(Cl)cc2Cl)CC1)CC1CC1.O=CO.O=CO. The zero-order valence-corrected chi connectivity index (χ0v) is 22.1. The van der Waals surface area contributed by atoms with Crippen molar-refractivity contribution in [3.05, 3.63) is 45.7 Å². The standard InChI is InChI=1S/C22H27Cl2N5O2.2CH2O2/c1-27(13-15-2-3-15)14-16-11-26-21-22(31-9-8-29(16)21)4-6-28(7-5-22)20(30)17-12-25-19(24)10-18(17)23;2*2-1-3/h10-12,15H,2-9,13-14H2,1H3;2*1H,(H,2,3). The van der Waals surface area contributed by atoms with Crippen LogP contribution in [0.3, 0.4) is 0 Å². The van der Waals surface area contributed by atoms with Gasteiger partial charge in [-0.05, 0) is 31.9 Å². The van der Waals surface area contributed by atoms with E-state index in [0.29, 0.717) is 43.1 Å². The second-order valence-electron chi connectivity index (χ2n) is 9.20. The maximum absolute atomic E-state index is 13.0. The lowest BCUT2D eigenvalue weighted by Crippen LogP contribution is -2.50. The molecule has 2 aromatic heterocycles. The van der Waals surface area contributed by atoms with Gasteiger partial charge in [0.05, 0.1) is 22.9 Å². The van der Waals surface area contributed by atoms with Crippen molar-refractivity contribution in [3.8, 4) is 0 Å². The Bertz CT molecular complexity index is 1080. The molecule has 2 N–H and O–H groups in total. The maximum Gasteiger partial charge on any atom is 0.290 e. The fraction of sp³-hybridized carbons (Fsp3) is 0.542. The summed E-state index contributed by atoms with van der Waals surface area (Å²) in [4.78, 5) is 42.7. The Morgan fingerprint density at radius 2 is 1.81 bits per heavy atom. The van der Waals surface area contributed by atoms with E-state index in [0.717, 1.165) is 31.4 Å². The number of nitrogens with zero attached hydrogens (tertiary/aromatic N) is 5. The van der Waals surface area contributed by atoms with Gasteiger partial charge in [-0.3, -0.25) is 14.4 Å². The largest absolute Gasteiger partial charge is 0.483 e. The molecule has 0 unspecified atom stereocenters. The first-order chi connectivity index (χ1) is 17.8. The van der Waals surface area contributed by atoms with Crippen LogP contribution in [-0.4, -0.2) is 86.7 Å². The summed E-state index contributed by atoms with van der Waals surface area (Å²) in [5.74, 6) is 1.76. The molecule has 0 bridgehead atoms. The van der Waals surface area contributed by atoms with E-state index in [1.54, 1.807) is 0 Å². The van der Waals surface area contributed by atoms with Crippen LogP contribution >= 0.6 is 23.2 Å². The average molecular weight is 556 g/mol. The van der Waals surface area contributed by atoms with Crippen LogP contribution in [0, 0.1) is 5.92 Å². The van der Waals surface area contributed by atoms with Crippen LogP contribution in [0.5, 0.6) is 0 Å². The summed E-state index contributed by atoms with van der Waals surface area (Å²) >= 11 is 12.1. The lowest BCUT2D eigenvalue weighted by molar-refractivity contribution is -0.123. The molecule has 0 aromatic carbocycles. The minimum atomic E-state index is -0.426. The molecule has 0 radical (unpaired) electrons. The number of hydrogen-bond acceptors (Lipinski definition) is 7. The van der Waals surface area contributed by atoms with Crippen LogP contribution < -0.4 is 0 Å². The van der Waals surface area contributed by atoms with Crippen molar-refractivity contribution in [2.24, 2.45) is 5.92 Å². The molecule has 11 nitrogen and oxygen atoms in total. The molecule has 5 rings (SSSR count). The van der Waals surface area contributed by atoms with Gasteiger partial charge in [0.25, 0.3) is 18.9 Å². The number of piperidine rings is 1. The molecule has 1 amide bonds. The predicted molar refractivity (Wildman–Crippen MR) is 136 cm³/mol. The average Bonchev–Trinajstić information content (AvgIpc) is 3.58. The fourth-order valence-corrected chi connectivity index (χ4v) is 5.25. The molecule has 2 fully saturated rings. The molecule has 202 valence electrons. The van der Waals surface area contributed by atoms with Crippen molar-refractivity contribution in [3.63, 3.8) is 0 Å². The summed E-state index contributed by atoms with van der Waals surface area (Å²) in [7, 11) is 2.19. The van der Waals surface area contributed by atoms with E-state index >= 15 is 0 Å². The lowest BCUT2D eigenvalue weighted by Gasteiger charge is -2.43. The van der Waals surface area contributed by atoms with Gasteiger partial charge in [-0.2, -0.15) is 0 Å². The van der Waals surface area contributed by atoms with Gasteiger partial charge in [-0.15, -0.1) is 0 Å². The number of carbonyl (C=O) groups excluding carboxylic acids is 1. The Labute approximate surface area is 224 Å². The minimum Gasteiger partial charge on any atom is -0.483 e. The number of amides is 1. The monoisotopic (exact) mass is 555 g/mol. The summed E-state index contributed by atoms with van der Waals surface area (Å²) in [5, 5.41) is 14.4. The number of pyridine rings is 1. The smallest absolute Gasteiger partial charge is 0.290 e. The van der Waals surface area contributed by atoms with E-state index in [4.69, 9.17) is 52.7 Å². The molecule has 1 spiro atoms. The first kappa shape index (κ1) is 28.8. The van der Waals surface area contributed by atoms with E-state index in [2.05, 4.69) is 21.5 Å². The zero-order valence-electron chi connectivity index (χ0n) is 20.6. The van der Waals surface area contributed by atoms with E-state index in [1.165, 1.54) is 30.8 Å². The van der Waals surface area contributed by atoms with Gasteiger partial charge in [0.2, 0.25) is 0 Å². The Morgan fingerprint density at radius 1 is 1.16 bits per heavy atom. The predicted octanol–water partition coefficient (Wildman–Crippen LogP) is 2.99. The van der Waals surface area contributed by atoms with Gasteiger partial charge in [0.1, 0.15) is 16.6 Å². The number of fused-ring (bicyclic) bond motifs is 2. The van der Waals surface area contributed by atoms with Crippen molar-refractivity contribution in [1.29, 1.82) is 0 Å². The van der Waals surface area contributed by atoms with Crippen LogP contribution in [0.2, 0.25) is 10.2 Å². The number of hydrogen-bond donors (Lipinski definition) is 2. The summed E-state index contributed by atoms with van der Waals surface area (Å²) in [6.07, 6.45) is 7.60. The molecule has 2 aromatic rings. The summed E-state index contributed by atoms with van der Waals surface area (Å²) in [5.41, 5.74) is 1.21. The molecule has 1 saturated heterocycles. The van der Waals surface area contributed by atoms with Gasteiger partial charge in [-0.1, -0.05) is 23.2 Å². The highest BCUT2D eigenvalue weighted by Crippen LogP contribution is 2.39. The maximum atomic E-state index is 13.0. The minimum absolute atomic E-state index is 0.120. The van der Waals surface area contributed by atoms with E-state index in [-0.39, 0.29) is 24.0 Å². The third kappa shape index (κ3) is 7.19. The van der Waals surface area contributed by atoms with Gasteiger partial charge < -0.3 is 29.3 Å². The normalized spacial score (nSPS) is 17.7. The first-order valence-corrected chi connectivity index (χ1v) is 12.7. The molecule has 13 heteroatoms. The second kappa shape index (κ2) is 13.2. The number of carbonyl (C=O) groups is 3. The van der Waals surface area contributed by atoms with Crippen LogP contribution in [0.1, 0.15) is 47.6 Å². The second-order valence-corrected chi connectivity index (χ2v) is 9.99. The number of rotatable bonds is 5. The van der Waals surface area contributed by atoms with Crippen molar-refractivity contribution in [2.45, 2.75) is 44.4 Å². The topological polar surface area (TPSA) is 138 Å². The Kier molecular flexibility index (Phi) is 10.3. The number of halogens is 2. The van der Waals surface area contributed by atoms with Gasteiger partial charge in [-0.25, -0.2) is 9.97 Å². The summed E-state index contributed by atoms with van der Waals surface area (Å²) in [6.45, 7) is 4.23. The number of likely N-dealkylation sites (tertiary alicyclic amines) is 1. The van der Waals surface area contributed by atoms with E-state index < -0.39 is 5.60 Å². The number of carboxylic acid groups (broad SMARTS) is 2. The summed E-state index contributed by atoms with van der Waals surface area (Å²) < 4.78 is 8.65. The van der Waals surface area contributed by atoms with Crippen LogP contribution in [0.15, 0.2) is 18.5 Å². The van der Waals surface area contributed by atoms with Gasteiger partial charge in [0.15, 0.2) is 0 Å². The highest BCUT2D eigenvalue weighted by molar-refractivity contribution is 6.36. The lowest BCUT2D eigenvalue weighted by atomic mass is 9.89. The number of ether oxygens (including phenoxy) is 1. The highest BCUT2D eigenvalue weighted by atomic mass is 35.5. The zero-order chi connectivity index (χ0) is 27.0. The molecule has 37 heavy (non-hydrogen) atoms. The molecular formula is C24H31Cl2N5O6. The Hall–Kier alpha value is -2.73. The Balaban J connectivity index is 0.000000580. The van der Waals surface area contributed by atoms with Crippen LogP contribution in [0.25, 0.3) is 0 Å². The third-order valence-electron chi connectivity index (χ3n) is 6.65. The molecule has 0 atom stereocenters. The van der Waals surface area contributed by atoms with Gasteiger partial charge >= 0.3 is 0 Å². The first-order valence-electron chi connectivity index (χ1n) is 11.9. The molecule has 3 aliphatic rings.